The number of rotatable bonds is 3. The number of hydrogen-bond acceptors (Lipinski definition) is 4. The van der Waals surface area contributed by atoms with Gasteiger partial charge in [0.1, 0.15) is 5.71 Å². The van der Waals surface area contributed by atoms with Crippen molar-refractivity contribution in [2.24, 2.45) is 5.16 Å². The van der Waals surface area contributed by atoms with Gasteiger partial charge in [0.2, 0.25) is 0 Å². The Labute approximate surface area is 95.1 Å². The van der Waals surface area contributed by atoms with Crippen LogP contribution < -0.4 is 0 Å². The second kappa shape index (κ2) is 5.63. The van der Waals surface area contributed by atoms with E-state index in [9.17, 15) is 0 Å². The molecule has 1 aliphatic rings. The molecule has 1 aromatic carbocycles. The molecule has 0 aliphatic carbocycles. The maximum absolute atomic E-state index is 9.04. The van der Waals surface area contributed by atoms with E-state index < -0.39 is 0 Å². The smallest absolute Gasteiger partial charge is 0.101 e. The summed E-state index contributed by atoms with van der Waals surface area (Å²) in [5, 5.41) is 12.4. The third kappa shape index (κ3) is 2.81. The van der Waals surface area contributed by atoms with Gasteiger partial charge >= 0.3 is 0 Å². The van der Waals surface area contributed by atoms with Crippen LogP contribution in [0.5, 0.6) is 0 Å². The standard InChI is InChI=1S/C12H16N2O2/c15-13-12(11-4-2-1-3-5-11)10-14-6-8-16-9-7-14/h1-5,15H,6-10H2/b13-12+. The van der Waals surface area contributed by atoms with Gasteiger partial charge in [0.25, 0.3) is 0 Å². The van der Waals surface area contributed by atoms with Crippen LogP contribution in [0.3, 0.4) is 0 Å². The molecule has 0 saturated carbocycles. The highest BCUT2D eigenvalue weighted by atomic mass is 16.5. The third-order valence-electron chi connectivity index (χ3n) is 2.70. The Kier molecular flexibility index (Phi) is 3.91. The first kappa shape index (κ1) is 11.1. The molecule has 0 amide bonds. The summed E-state index contributed by atoms with van der Waals surface area (Å²) in [5.41, 5.74) is 1.68. The van der Waals surface area contributed by atoms with Crippen molar-refractivity contribution in [2.75, 3.05) is 32.8 Å². The van der Waals surface area contributed by atoms with Crippen molar-refractivity contribution in [1.82, 2.24) is 4.90 Å². The van der Waals surface area contributed by atoms with E-state index in [4.69, 9.17) is 9.94 Å². The van der Waals surface area contributed by atoms with Crippen LogP contribution >= 0.6 is 0 Å². The zero-order chi connectivity index (χ0) is 11.2. The molecule has 1 saturated heterocycles. The van der Waals surface area contributed by atoms with Gasteiger partial charge in [-0.2, -0.15) is 0 Å². The average Bonchev–Trinajstić information content (AvgIpc) is 2.38. The molecule has 16 heavy (non-hydrogen) atoms. The van der Waals surface area contributed by atoms with E-state index in [2.05, 4.69) is 10.1 Å². The average molecular weight is 220 g/mol. The van der Waals surface area contributed by atoms with Crippen molar-refractivity contribution in [3.05, 3.63) is 35.9 Å². The fourth-order valence-corrected chi connectivity index (χ4v) is 1.78. The van der Waals surface area contributed by atoms with E-state index in [0.717, 1.165) is 31.9 Å². The Balaban J connectivity index is 2.01. The monoisotopic (exact) mass is 220 g/mol. The molecule has 2 rings (SSSR count). The van der Waals surface area contributed by atoms with E-state index in [1.807, 2.05) is 30.3 Å². The molecular formula is C12H16N2O2. The summed E-state index contributed by atoms with van der Waals surface area (Å²) in [4.78, 5) is 2.23. The molecule has 0 radical (unpaired) electrons. The fraction of sp³-hybridized carbons (Fsp3) is 0.417. The predicted molar refractivity (Wildman–Crippen MR) is 62.0 cm³/mol. The third-order valence-corrected chi connectivity index (χ3v) is 2.70. The lowest BCUT2D eigenvalue weighted by Crippen LogP contribution is -2.39. The molecule has 4 heteroatoms. The summed E-state index contributed by atoms with van der Waals surface area (Å²) in [6.45, 7) is 3.97. The highest BCUT2D eigenvalue weighted by Crippen LogP contribution is 2.05. The first-order valence-electron chi connectivity index (χ1n) is 5.46. The Morgan fingerprint density at radius 1 is 1.25 bits per heavy atom. The summed E-state index contributed by atoms with van der Waals surface area (Å²) in [5.74, 6) is 0. The fourth-order valence-electron chi connectivity index (χ4n) is 1.78. The van der Waals surface area contributed by atoms with Crippen molar-refractivity contribution in [1.29, 1.82) is 0 Å². The molecule has 86 valence electrons. The number of nitrogens with zero attached hydrogens (tertiary/aromatic N) is 2. The second-order valence-electron chi connectivity index (χ2n) is 3.80. The summed E-state index contributed by atoms with van der Waals surface area (Å²) >= 11 is 0. The van der Waals surface area contributed by atoms with Crippen molar-refractivity contribution in [3.8, 4) is 0 Å². The molecule has 1 aliphatic heterocycles. The van der Waals surface area contributed by atoms with E-state index in [0.29, 0.717) is 12.3 Å². The highest BCUT2D eigenvalue weighted by molar-refractivity contribution is 6.01. The van der Waals surface area contributed by atoms with E-state index in [1.165, 1.54) is 0 Å². The molecule has 1 heterocycles. The quantitative estimate of drug-likeness (QED) is 0.473. The van der Waals surface area contributed by atoms with Crippen LogP contribution in [0.4, 0.5) is 0 Å². The lowest BCUT2D eigenvalue weighted by Gasteiger charge is -2.26. The van der Waals surface area contributed by atoms with E-state index in [-0.39, 0.29) is 0 Å². The minimum Gasteiger partial charge on any atom is -0.411 e. The zero-order valence-corrected chi connectivity index (χ0v) is 9.17. The Hall–Kier alpha value is -1.39. The van der Waals surface area contributed by atoms with Crippen molar-refractivity contribution >= 4 is 5.71 Å². The summed E-state index contributed by atoms with van der Waals surface area (Å²) < 4.78 is 5.28. The van der Waals surface area contributed by atoms with Crippen LogP contribution in [-0.4, -0.2) is 48.7 Å². The Morgan fingerprint density at radius 2 is 1.94 bits per heavy atom. The molecule has 1 aromatic rings. The number of benzene rings is 1. The van der Waals surface area contributed by atoms with Crippen molar-refractivity contribution < 1.29 is 9.94 Å². The maximum atomic E-state index is 9.04. The number of ether oxygens (including phenoxy) is 1. The number of hydrogen-bond donors (Lipinski definition) is 1. The predicted octanol–water partition coefficient (Wildman–Crippen LogP) is 1.20. The van der Waals surface area contributed by atoms with Crippen molar-refractivity contribution in [2.45, 2.75) is 0 Å². The second-order valence-corrected chi connectivity index (χ2v) is 3.80. The van der Waals surface area contributed by atoms with Gasteiger partial charge < -0.3 is 9.94 Å². The molecule has 0 atom stereocenters. The number of oxime groups is 1. The lowest BCUT2D eigenvalue weighted by atomic mass is 10.1. The van der Waals surface area contributed by atoms with Gasteiger partial charge in [0, 0.05) is 25.2 Å². The molecular weight excluding hydrogens is 204 g/mol. The van der Waals surface area contributed by atoms with Gasteiger partial charge in [-0.3, -0.25) is 4.90 Å². The van der Waals surface area contributed by atoms with Crippen LogP contribution in [0.25, 0.3) is 0 Å². The molecule has 0 aromatic heterocycles. The minimum atomic E-state index is 0.671. The summed E-state index contributed by atoms with van der Waals surface area (Å²) in [6.07, 6.45) is 0. The number of morpholine rings is 1. The minimum absolute atomic E-state index is 0.671. The van der Waals surface area contributed by atoms with Crippen molar-refractivity contribution in [3.63, 3.8) is 0 Å². The van der Waals surface area contributed by atoms with Gasteiger partial charge in [-0.25, -0.2) is 0 Å². The molecule has 0 spiro atoms. The van der Waals surface area contributed by atoms with Gasteiger partial charge in [0.05, 0.1) is 13.2 Å². The van der Waals surface area contributed by atoms with Crippen LogP contribution in [-0.2, 0) is 4.74 Å². The summed E-state index contributed by atoms with van der Waals surface area (Å²) in [7, 11) is 0. The molecule has 4 nitrogen and oxygen atoms in total. The highest BCUT2D eigenvalue weighted by Gasteiger charge is 2.14. The topological polar surface area (TPSA) is 45.1 Å². The first-order valence-corrected chi connectivity index (χ1v) is 5.46. The molecule has 0 unspecified atom stereocenters. The van der Waals surface area contributed by atoms with E-state index >= 15 is 0 Å². The molecule has 0 bridgehead atoms. The molecule has 1 fully saturated rings. The van der Waals surface area contributed by atoms with E-state index in [1.54, 1.807) is 0 Å². The van der Waals surface area contributed by atoms with Gasteiger partial charge in [-0.05, 0) is 0 Å². The zero-order valence-electron chi connectivity index (χ0n) is 9.17. The van der Waals surface area contributed by atoms with Gasteiger partial charge in [-0.15, -0.1) is 0 Å². The van der Waals surface area contributed by atoms with Crippen LogP contribution in [0.2, 0.25) is 0 Å². The van der Waals surface area contributed by atoms with Crippen LogP contribution in [0, 0.1) is 0 Å². The maximum Gasteiger partial charge on any atom is 0.101 e. The van der Waals surface area contributed by atoms with Gasteiger partial charge in [-0.1, -0.05) is 35.5 Å². The summed E-state index contributed by atoms with van der Waals surface area (Å²) in [6, 6.07) is 9.75. The molecule has 1 N–H and O–H groups in total. The first-order chi connectivity index (χ1) is 7.90. The van der Waals surface area contributed by atoms with Crippen LogP contribution in [0.1, 0.15) is 5.56 Å². The van der Waals surface area contributed by atoms with Gasteiger partial charge in [0.15, 0.2) is 0 Å². The van der Waals surface area contributed by atoms with Crippen LogP contribution in [0.15, 0.2) is 35.5 Å². The largest absolute Gasteiger partial charge is 0.411 e. The Morgan fingerprint density at radius 3 is 2.56 bits per heavy atom. The lowest BCUT2D eigenvalue weighted by molar-refractivity contribution is 0.0450. The normalized spacial score (nSPS) is 18.6. The Bertz CT molecular complexity index is 345. The SMILES string of the molecule is O/N=C(\CN1CCOCC1)c1ccccc1.